The zero-order valence-corrected chi connectivity index (χ0v) is 9.31. The van der Waals surface area contributed by atoms with Crippen LogP contribution in [0.3, 0.4) is 0 Å². The molecule has 0 aliphatic heterocycles. The summed E-state index contributed by atoms with van der Waals surface area (Å²) in [5, 5.41) is 13.2. The van der Waals surface area contributed by atoms with Crippen molar-refractivity contribution in [1.29, 1.82) is 0 Å². The van der Waals surface area contributed by atoms with Gasteiger partial charge in [-0.05, 0) is 18.6 Å². The molecular formula is C7H11N3O2S2. The van der Waals surface area contributed by atoms with Crippen molar-refractivity contribution < 1.29 is 8.42 Å². The molecule has 0 amide bonds. The Labute approximate surface area is 87.2 Å². The van der Waals surface area contributed by atoms with E-state index in [1.54, 1.807) is 6.20 Å². The molecule has 1 aromatic heterocycles. The van der Waals surface area contributed by atoms with Crippen molar-refractivity contribution in [2.45, 2.75) is 11.9 Å². The number of rotatable bonds is 4. The second-order valence-corrected chi connectivity index (χ2v) is 5.64. The lowest BCUT2D eigenvalue weighted by Gasteiger charge is -1.99. The van der Waals surface area contributed by atoms with Crippen LogP contribution in [-0.2, 0) is 10.0 Å². The quantitative estimate of drug-likeness (QED) is 0.749. The summed E-state index contributed by atoms with van der Waals surface area (Å²) in [7, 11) is -3.37. The molecule has 14 heavy (non-hydrogen) atoms. The molecular weight excluding hydrogens is 222 g/mol. The fraction of sp³-hybridized carbons (Fsp3) is 0.429. The number of thioether (sulfide) groups is 1. The lowest BCUT2D eigenvalue weighted by atomic mass is 10.4. The van der Waals surface area contributed by atoms with E-state index in [9.17, 15) is 8.42 Å². The van der Waals surface area contributed by atoms with E-state index in [-0.39, 0.29) is 5.75 Å². The average molecular weight is 233 g/mol. The third-order valence-corrected chi connectivity index (χ3v) is 3.32. The molecule has 0 saturated heterocycles. The van der Waals surface area contributed by atoms with Gasteiger partial charge in [0.15, 0.2) is 0 Å². The minimum atomic E-state index is -3.37. The average Bonchev–Trinajstić information content (AvgIpc) is 2.01. The molecule has 0 aromatic carbocycles. The van der Waals surface area contributed by atoms with Crippen LogP contribution >= 0.6 is 11.8 Å². The molecule has 2 N–H and O–H groups in total. The smallest absolute Gasteiger partial charge is 0.209 e. The Morgan fingerprint density at radius 3 is 2.86 bits per heavy atom. The highest BCUT2D eigenvalue weighted by Crippen LogP contribution is 2.14. The van der Waals surface area contributed by atoms with Crippen LogP contribution in [0, 0.1) is 6.92 Å². The van der Waals surface area contributed by atoms with Crippen molar-refractivity contribution in [3.05, 3.63) is 17.8 Å². The summed E-state index contributed by atoms with van der Waals surface area (Å²) in [4.78, 5) is 0. The zero-order valence-electron chi connectivity index (χ0n) is 7.67. The second kappa shape index (κ2) is 4.72. The maximum absolute atomic E-state index is 10.6. The summed E-state index contributed by atoms with van der Waals surface area (Å²) in [5.41, 5.74) is 0.998. The van der Waals surface area contributed by atoms with Gasteiger partial charge >= 0.3 is 0 Å². The molecule has 0 aliphatic carbocycles. The SMILES string of the molecule is Cc1cnnc(SCCS(N)(=O)=O)c1. The molecule has 5 nitrogen and oxygen atoms in total. The van der Waals surface area contributed by atoms with Crippen LogP contribution in [0.1, 0.15) is 5.56 Å². The van der Waals surface area contributed by atoms with Crippen LogP contribution in [0.4, 0.5) is 0 Å². The van der Waals surface area contributed by atoms with Gasteiger partial charge in [-0.3, -0.25) is 0 Å². The third kappa shape index (κ3) is 4.54. The molecule has 0 atom stereocenters. The number of aryl methyl sites for hydroxylation is 1. The topological polar surface area (TPSA) is 85.9 Å². The van der Waals surface area contributed by atoms with Crippen molar-refractivity contribution in [1.82, 2.24) is 10.2 Å². The Balaban J connectivity index is 2.47. The number of hydrogen-bond acceptors (Lipinski definition) is 5. The lowest BCUT2D eigenvalue weighted by molar-refractivity contribution is 0.599. The van der Waals surface area contributed by atoms with Crippen LogP contribution in [0.5, 0.6) is 0 Å². The van der Waals surface area contributed by atoms with E-state index in [1.807, 2.05) is 13.0 Å². The minimum Gasteiger partial charge on any atom is -0.229 e. The van der Waals surface area contributed by atoms with Crippen LogP contribution in [0.25, 0.3) is 0 Å². The number of aromatic nitrogens is 2. The molecule has 0 spiro atoms. The molecule has 7 heteroatoms. The normalized spacial score (nSPS) is 11.6. The number of hydrogen-bond donors (Lipinski definition) is 1. The number of sulfonamides is 1. The Kier molecular flexibility index (Phi) is 3.85. The maximum atomic E-state index is 10.6. The molecule has 0 aliphatic rings. The molecule has 0 unspecified atom stereocenters. The molecule has 0 saturated carbocycles. The first-order chi connectivity index (χ1) is 6.47. The predicted octanol–water partition coefficient (Wildman–Crippen LogP) is 0.166. The zero-order chi connectivity index (χ0) is 10.6. The summed E-state index contributed by atoms with van der Waals surface area (Å²) >= 11 is 1.33. The standard InChI is InChI=1S/C7H11N3O2S2/c1-6-4-7(10-9-5-6)13-2-3-14(8,11)12/h4-5H,2-3H2,1H3,(H2,8,11,12). The van der Waals surface area contributed by atoms with Gasteiger partial charge in [-0.25, -0.2) is 13.6 Å². The first-order valence-corrected chi connectivity index (χ1v) is 6.60. The van der Waals surface area contributed by atoms with Crippen molar-refractivity contribution in [3.8, 4) is 0 Å². The van der Waals surface area contributed by atoms with Crippen LogP contribution in [0.2, 0.25) is 0 Å². The molecule has 0 fully saturated rings. The highest BCUT2D eigenvalue weighted by atomic mass is 32.2. The van der Waals surface area contributed by atoms with E-state index >= 15 is 0 Å². The van der Waals surface area contributed by atoms with Gasteiger partial charge in [0.1, 0.15) is 5.03 Å². The molecule has 0 radical (unpaired) electrons. The Morgan fingerprint density at radius 2 is 2.29 bits per heavy atom. The highest BCUT2D eigenvalue weighted by molar-refractivity contribution is 8.00. The van der Waals surface area contributed by atoms with E-state index in [0.29, 0.717) is 10.8 Å². The maximum Gasteiger partial charge on any atom is 0.209 e. The summed E-state index contributed by atoms with van der Waals surface area (Å²) in [6, 6.07) is 1.85. The van der Waals surface area contributed by atoms with Gasteiger partial charge in [-0.2, -0.15) is 5.10 Å². The largest absolute Gasteiger partial charge is 0.229 e. The van der Waals surface area contributed by atoms with Crippen molar-refractivity contribution in [3.63, 3.8) is 0 Å². The number of nitrogens with two attached hydrogens (primary N) is 1. The monoisotopic (exact) mass is 233 g/mol. The molecule has 1 rings (SSSR count). The van der Waals surface area contributed by atoms with E-state index < -0.39 is 10.0 Å². The van der Waals surface area contributed by atoms with Gasteiger partial charge in [0.2, 0.25) is 10.0 Å². The van der Waals surface area contributed by atoms with Crippen molar-refractivity contribution >= 4 is 21.8 Å². The van der Waals surface area contributed by atoms with Crippen LogP contribution in [0.15, 0.2) is 17.3 Å². The van der Waals surface area contributed by atoms with Gasteiger partial charge in [0.25, 0.3) is 0 Å². The fourth-order valence-corrected chi connectivity index (χ4v) is 2.62. The predicted molar refractivity (Wildman–Crippen MR) is 55.5 cm³/mol. The van der Waals surface area contributed by atoms with E-state index in [2.05, 4.69) is 10.2 Å². The van der Waals surface area contributed by atoms with Crippen molar-refractivity contribution in [2.75, 3.05) is 11.5 Å². The van der Waals surface area contributed by atoms with Gasteiger partial charge < -0.3 is 0 Å². The summed E-state index contributed by atoms with van der Waals surface area (Å²) in [5.74, 6) is 0.351. The lowest BCUT2D eigenvalue weighted by Crippen LogP contribution is -2.17. The first-order valence-electron chi connectivity index (χ1n) is 3.90. The van der Waals surface area contributed by atoms with Gasteiger partial charge in [-0.1, -0.05) is 0 Å². The molecule has 1 aromatic rings. The summed E-state index contributed by atoms with van der Waals surface area (Å²) in [6.45, 7) is 1.90. The van der Waals surface area contributed by atoms with E-state index in [0.717, 1.165) is 5.56 Å². The van der Waals surface area contributed by atoms with E-state index in [4.69, 9.17) is 5.14 Å². The minimum absolute atomic E-state index is 0.0483. The second-order valence-electron chi connectivity index (χ2n) is 2.79. The van der Waals surface area contributed by atoms with Crippen LogP contribution in [-0.4, -0.2) is 30.1 Å². The Bertz CT molecular complexity index is 405. The van der Waals surface area contributed by atoms with Gasteiger partial charge in [0, 0.05) is 5.75 Å². The Hall–Kier alpha value is -0.660. The summed E-state index contributed by atoms with van der Waals surface area (Å²) < 4.78 is 21.2. The number of primary sulfonamides is 1. The fourth-order valence-electron chi connectivity index (χ4n) is 0.771. The number of nitrogens with zero attached hydrogens (tertiary/aromatic N) is 2. The van der Waals surface area contributed by atoms with Crippen LogP contribution < -0.4 is 5.14 Å². The molecule has 1 heterocycles. The summed E-state index contributed by atoms with van der Waals surface area (Å²) in [6.07, 6.45) is 1.64. The van der Waals surface area contributed by atoms with E-state index in [1.165, 1.54) is 11.8 Å². The van der Waals surface area contributed by atoms with Gasteiger partial charge in [0.05, 0.1) is 11.9 Å². The Morgan fingerprint density at radius 1 is 1.57 bits per heavy atom. The first kappa shape index (κ1) is 11.4. The molecule has 78 valence electrons. The highest BCUT2D eigenvalue weighted by Gasteiger charge is 2.03. The van der Waals surface area contributed by atoms with Crippen molar-refractivity contribution in [2.24, 2.45) is 5.14 Å². The van der Waals surface area contributed by atoms with Gasteiger partial charge in [-0.15, -0.1) is 16.9 Å². The third-order valence-electron chi connectivity index (χ3n) is 1.39. The molecule has 0 bridgehead atoms.